The van der Waals surface area contributed by atoms with Gasteiger partial charge in [-0.1, -0.05) is 37.3 Å². The summed E-state index contributed by atoms with van der Waals surface area (Å²) in [5.41, 5.74) is 2.55. The number of hydrogen-bond acceptors (Lipinski definition) is 2. The van der Waals surface area contributed by atoms with Gasteiger partial charge in [-0.15, -0.1) is 0 Å². The van der Waals surface area contributed by atoms with Gasteiger partial charge in [0, 0.05) is 0 Å². The molecule has 1 aromatic carbocycles. The zero-order valence-corrected chi connectivity index (χ0v) is 8.98. The standard InChI is InChI=1S/C13H16O2/c1-2-11-4-3-5-12(10-11)6-7-13-14-8-9-15-13/h3-7,10,13H,2,8-9H2,1H3/b7-6+. The third-order valence-electron chi connectivity index (χ3n) is 2.45. The average Bonchev–Trinajstić information content (AvgIpc) is 2.79. The number of benzene rings is 1. The highest BCUT2D eigenvalue weighted by Gasteiger charge is 2.11. The monoisotopic (exact) mass is 204 g/mol. The Morgan fingerprint density at radius 3 is 2.87 bits per heavy atom. The first kappa shape index (κ1) is 10.4. The molecule has 2 rings (SSSR count). The van der Waals surface area contributed by atoms with Gasteiger partial charge in [-0.3, -0.25) is 0 Å². The molecular weight excluding hydrogens is 188 g/mol. The van der Waals surface area contributed by atoms with Gasteiger partial charge in [0.05, 0.1) is 13.2 Å². The maximum Gasteiger partial charge on any atom is 0.177 e. The normalized spacial score (nSPS) is 17.7. The molecule has 1 fully saturated rings. The molecule has 0 radical (unpaired) electrons. The zero-order valence-electron chi connectivity index (χ0n) is 8.98. The summed E-state index contributed by atoms with van der Waals surface area (Å²) in [5.74, 6) is 0. The summed E-state index contributed by atoms with van der Waals surface area (Å²) in [7, 11) is 0. The van der Waals surface area contributed by atoms with Crippen molar-refractivity contribution in [2.45, 2.75) is 19.6 Å². The largest absolute Gasteiger partial charge is 0.347 e. The van der Waals surface area contributed by atoms with Crippen LogP contribution in [0.5, 0.6) is 0 Å². The van der Waals surface area contributed by atoms with E-state index in [1.165, 1.54) is 11.1 Å². The highest BCUT2D eigenvalue weighted by Crippen LogP contribution is 2.11. The molecule has 0 amide bonds. The predicted molar refractivity (Wildman–Crippen MR) is 60.5 cm³/mol. The Kier molecular flexibility index (Phi) is 3.54. The molecule has 2 heteroatoms. The van der Waals surface area contributed by atoms with E-state index in [-0.39, 0.29) is 6.29 Å². The van der Waals surface area contributed by atoms with Gasteiger partial charge in [0.15, 0.2) is 6.29 Å². The van der Waals surface area contributed by atoms with E-state index in [4.69, 9.17) is 9.47 Å². The lowest BCUT2D eigenvalue weighted by Crippen LogP contribution is -2.01. The fraction of sp³-hybridized carbons (Fsp3) is 0.385. The summed E-state index contributed by atoms with van der Waals surface area (Å²) in [5, 5.41) is 0. The molecule has 1 heterocycles. The van der Waals surface area contributed by atoms with Crippen molar-refractivity contribution in [1.29, 1.82) is 0 Å². The third kappa shape index (κ3) is 2.91. The lowest BCUT2D eigenvalue weighted by Gasteiger charge is -2.02. The third-order valence-corrected chi connectivity index (χ3v) is 2.45. The van der Waals surface area contributed by atoms with Crippen LogP contribution in [0.1, 0.15) is 18.1 Å². The molecule has 1 aliphatic rings. The van der Waals surface area contributed by atoms with E-state index < -0.39 is 0 Å². The summed E-state index contributed by atoms with van der Waals surface area (Å²) in [6.45, 7) is 3.56. The number of aryl methyl sites for hydroxylation is 1. The van der Waals surface area contributed by atoms with Crippen molar-refractivity contribution in [3.05, 3.63) is 41.5 Å². The molecule has 80 valence electrons. The van der Waals surface area contributed by atoms with Gasteiger partial charge in [0.25, 0.3) is 0 Å². The van der Waals surface area contributed by atoms with Crippen molar-refractivity contribution in [2.75, 3.05) is 13.2 Å². The Bertz CT molecular complexity index is 338. The molecule has 0 N–H and O–H groups in total. The van der Waals surface area contributed by atoms with E-state index in [1.807, 2.05) is 6.08 Å². The van der Waals surface area contributed by atoms with Crippen molar-refractivity contribution in [1.82, 2.24) is 0 Å². The topological polar surface area (TPSA) is 18.5 Å². The van der Waals surface area contributed by atoms with Crippen LogP contribution in [-0.4, -0.2) is 19.5 Å². The van der Waals surface area contributed by atoms with Crippen LogP contribution in [0.25, 0.3) is 6.08 Å². The molecule has 0 aliphatic carbocycles. The average molecular weight is 204 g/mol. The first-order valence-electron chi connectivity index (χ1n) is 5.39. The molecule has 0 unspecified atom stereocenters. The number of ether oxygens (including phenoxy) is 2. The lowest BCUT2D eigenvalue weighted by molar-refractivity contribution is -0.000907. The minimum Gasteiger partial charge on any atom is -0.347 e. The second-order valence-corrected chi connectivity index (χ2v) is 3.57. The van der Waals surface area contributed by atoms with Gasteiger partial charge in [0.1, 0.15) is 0 Å². The Balaban J connectivity index is 2.02. The molecule has 0 spiro atoms. The smallest absolute Gasteiger partial charge is 0.177 e. The summed E-state index contributed by atoms with van der Waals surface area (Å²) in [6.07, 6.45) is 4.92. The number of hydrogen-bond donors (Lipinski definition) is 0. The maximum atomic E-state index is 5.32. The molecule has 0 atom stereocenters. The van der Waals surface area contributed by atoms with E-state index in [2.05, 4.69) is 37.3 Å². The first-order chi connectivity index (χ1) is 7.38. The highest BCUT2D eigenvalue weighted by atomic mass is 16.7. The van der Waals surface area contributed by atoms with E-state index in [1.54, 1.807) is 0 Å². The van der Waals surface area contributed by atoms with Crippen LogP contribution in [0.2, 0.25) is 0 Å². The summed E-state index contributed by atoms with van der Waals surface area (Å²) in [6, 6.07) is 8.49. The van der Waals surface area contributed by atoms with Crippen LogP contribution >= 0.6 is 0 Å². The Morgan fingerprint density at radius 2 is 2.13 bits per heavy atom. The van der Waals surface area contributed by atoms with Gasteiger partial charge in [-0.25, -0.2) is 0 Å². The van der Waals surface area contributed by atoms with Gasteiger partial charge in [0.2, 0.25) is 0 Å². The quantitative estimate of drug-likeness (QED) is 0.753. The highest BCUT2D eigenvalue weighted by molar-refractivity contribution is 5.50. The molecule has 1 saturated heterocycles. The van der Waals surface area contributed by atoms with Crippen molar-refractivity contribution in [3.8, 4) is 0 Å². The van der Waals surface area contributed by atoms with E-state index in [0.29, 0.717) is 13.2 Å². The molecule has 1 aliphatic heterocycles. The maximum absolute atomic E-state index is 5.32. The second-order valence-electron chi connectivity index (χ2n) is 3.57. The van der Waals surface area contributed by atoms with E-state index in [0.717, 1.165) is 6.42 Å². The molecule has 1 aromatic rings. The summed E-state index contributed by atoms with van der Waals surface area (Å²) in [4.78, 5) is 0. The predicted octanol–water partition coefficient (Wildman–Crippen LogP) is 2.64. The summed E-state index contributed by atoms with van der Waals surface area (Å²) >= 11 is 0. The fourth-order valence-corrected chi connectivity index (χ4v) is 1.59. The SMILES string of the molecule is CCc1cccc(/C=C/C2OCCO2)c1. The van der Waals surface area contributed by atoms with Crippen molar-refractivity contribution < 1.29 is 9.47 Å². The summed E-state index contributed by atoms with van der Waals surface area (Å²) < 4.78 is 10.6. The Labute approximate surface area is 90.5 Å². The van der Waals surface area contributed by atoms with Crippen LogP contribution in [0.4, 0.5) is 0 Å². The lowest BCUT2D eigenvalue weighted by atomic mass is 10.1. The Morgan fingerprint density at radius 1 is 1.33 bits per heavy atom. The molecule has 15 heavy (non-hydrogen) atoms. The van der Waals surface area contributed by atoms with Crippen LogP contribution < -0.4 is 0 Å². The molecular formula is C13H16O2. The van der Waals surface area contributed by atoms with Gasteiger partial charge < -0.3 is 9.47 Å². The second kappa shape index (κ2) is 5.10. The minimum atomic E-state index is -0.157. The van der Waals surface area contributed by atoms with Gasteiger partial charge in [-0.05, 0) is 23.6 Å². The first-order valence-corrected chi connectivity index (χ1v) is 5.39. The van der Waals surface area contributed by atoms with Crippen LogP contribution in [0, 0.1) is 0 Å². The molecule has 2 nitrogen and oxygen atoms in total. The van der Waals surface area contributed by atoms with Crippen LogP contribution in [0.3, 0.4) is 0 Å². The van der Waals surface area contributed by atoms with E-state index in [9.17, 15) is 0 Å². The van der Waals surface area contributed by atoms with Gasteiger partial charge >= 0.3 is 0 Å². The molecule has 0 saturated carbocycles. The Hall–Kier alpha value is -1.12. The number of rotatable bonds is 3. The molecule has 0 aromatic heterocycles. The van der Waals surface area contributed by atoms with Gasteiger partial charge in [-0.2, -0.15) is 0 Å². The minimum absolute atomic E-state index is 0.157. The van der Waals surface area contributed by atoms with Crippen molar-refractivity contribution in [2.24, 2.45) is 0 Å². The zero-order chi connectivity index (χ0) is 10.5. The molecule has 0 bridgehead atoms. The van der Waals surface area contributed by atoms with Crippen LogP contribution in [-0.2, 0) is 15.9 Å². The van der Waals surface area contributed by atoms with Crippen molar-refractivity contribution >= 4 is 6.08 Å². The fourth-order valence-electron chi connectivity index (χ4n) is 1.59. The van der Waals surface area contributed by atoms with E-state index >= 15 is 0 Å². The van der Waals surface area contributed by atoms with Crippen LogP contribution in [0.15, 0.2) is 30.3 Å². The van der Waals surface area contributed by atoms with Crippen molar-refractivity contribution in [3.63, 3.8) is 0 Å².